The van der Waals surface area contributed by atoms with E-state index in [0.717, 1.165) is 6.42 Å². The quantitative estimate of drug-likeness (QED) is 0.707. The highest BCUT2D eigenvalue weighted by atomic mass is 32.2. The molecule has 0 radical (unpaired) electrons. The van der Waals surface area contributed by atoms with E-state index in [1.807, 2.05) is 6.92 Å². The van der Waals surface area contributed by atoms with Crippen LogP contribution < -0.4 is 0 Å². The molecule has 0 bridgehead atoms. The molecule has 0 aliphatic rings. The van der Waals surface area contributed by atoms with Gasteiger partial charge in [0.05, 0.1) is 16.9 Å². The first kappa shape index (κ1) is 10.6. The third-order valence-electron chi connectivity index (χ3n) is 1.66. The standard InChI is InChI=1S/C10H9N3S/c1-2-9(7-12)14-10-8(6-11)4-3-5-13-10/h3-5,9H,2H2,1H3. The van der Waals surface area contributed by atoms with Gasteiger partial charge in [0.1, 0.15) is 11.1 Å². The van der Waals surface area contributed by atoms with Gasteiger partial charge in [-0.1, -0.05) is 18.7 Å². The van der Waals surface area contributed by atoms with E-state index in [4.69, 9.17) is 10.5 Å². The summed E-state index contributed by atoms with van der Waals surface area (Å²) in [5.41, 5.74) is 0.534. The van der Waals surface area contributed by atoms with Crippen molar-refractivity contribution in [2.45, 2.75) is 23.6 Å². The average molecular weight is 203 g/mol. The Hall–Kier alpha value is -1.52. The molecule has 1 heterocycles. The fraction of sp³-hybridized carbons (Fsp3) is 0.300. The molecule has 14 heavy (non-hydrogen) atoms. The van der Waals surface area contributed by atoms with Gasteiger partial charge in [0.25, 0.3) is 0 Å². The van der Waals surface area contributed by atoms with Gasteiger partial charge in [-0.2, -0.15) is 10.5 Å². The van der Waals surface area contributed by atoms with Gasteiger partial charge < -0.3 is 0 Å². The van der Waals surface area contributed by atoms with Crippen LogP contribution in [0.2, 0.25) is 0 Å². The molecule has 0 aliphatic heterocycles. The van der Waals surface area contributed by atoms with E-state index < -0.39 is 0 Å². The summed E-state index contributed by atoms with van der Waals surface area (Å²) >= 11 is 1.35. The van der Waals surface area contributed by atoms with Crippen molar-refractivity contribution >= 4 is 11.8 Å². The molecule has 0 amide bonds. The second kappa shape index (κ2) is 5.26. The number of rotatable bonds is 3. The number of hydrogen-bond donors (Lipinski definition) is 0. The van der Waals surface area contributed by atoms with Gasteiger partial charge in [-0.25, -0.2) is 4.98 Å². The van der Waals surface area contributed by atoms with Crippen molar-refractivity contribution in [1.82, 2.24) is 4.98 Å². The van der Waals surface area contributed by atoms with E-state index in [1.165, 1.54) is 11.8 Å². The van der Waals surface area contributed by atoms with Crippen molar-refractivity contribution in [3.05, 3.63) is 23.9 Å². The van der Waals surface area contributed by atoms with Crippen LogP contribution >= 0.6 is 11.8 Å². The zero-order valence-electron chi connectivity index (χ0n) is 7.77. The molecule has 4 heteroatoms. The van der Waals surface area contributed by atoms with E-state index in [0.29, 0.717) is 10.6 Å². The molecule has 1 unspecified atom stereocenters. The number of hydrogen-bond acceptors (Lipinski definition) is 4. The summed E-state index contributed by atoms with van der Waals surface area (Å²) in [5, 5.41) is 18.1. The highest BCUT2D eigenvalue weighted by Gasteiger charge is 2.10. The normalized spacial score (nSPS) is 11.4. The third-order valence-corrected chi connectivity index (χ3v) is 2.93. The summed E-state index contributed by atoms with van der Waals surface area (Å²) in [4.78, 5) is 4.07. The Balaban J connectivity index is 2.87. The van der Waals surface area contributed by atoms with Crippen LogP contribution in [-0.2, 0) is 0 Å². The maximum atomic E-state index is 8.79. The fourth-order valence-electron chi connectivity index (χ4n) is 0.906. The molecule has 1 aromatic rings. The SMILES string of the molecule is CCC(C#N)Sc1ncccc1C#N. The molecule has 1 atom stereocenters. The fourth-order valence-corrected chi connectivity index (χ4v) is 1.76. The van der Waals surface area contributed by atoms with Crippen LogP contribution in [0.1, 0.15) is 18.9 Å². The smallest absolute Gasteiger partial charge is 0.115 e. The average Bonchev–Trinajstić information content (AvgIpc) is 2.26. The van der Waals surface area contributed by atoms with Crippen molar-refractivity contribution in [1.29, 1.82) is 10.5 Å². The van der Waals surface area contributed by atoms with Gasteiger partial charge in [-0.05, 0) is 18.6 Å². The predicted molar refractivity (Wildman–Crippen MR) is 54.5 cm³/mol. The largest absolute Gasteiger partial charge is 0.249 e. The summed E-state index contributed by atoms with van der Waals surface area (Å²) in [6, 6.07) is 7.65. The summed E-state index contributed by atoms with van der Waals surface area (Å²) < 4.78 is 0. The van der Waals surface area contributed by atoms with Crippen molar-refractivity contribution < 1.29 is 0 Å². The molecule has 0 saturated carbocycles. The lowest BCUT2D eigenvalue weighted by Gasteiger charge is -2.05. The van der Waals surface area contributed by atoms with Crippen molar-refractivity contribution in [3.63, 3.8) is 0 Å². The molecule has 1 aromatic heterocycles. The van der Waals surface area contributed by atoms with Gasteiger partial charge in [-0.3, -0.25) is 0 Å². The Kier molecular flexibility index (Phi) is 3.97. The molecular formula is C10H9N3S. The number of nitrogens with zero attached hydrogens (tertiary/aromatic N) is 3. The van der Waals surface area contributed by atoms with Crippen molar-refractivity contribution in [2.24, 2.45) is 0 Å². The van der Waals surface area contributed by atoms with E-state index in [-0.39, 0.29) is 5.25 Å². The number of nitriles is 2. The number of thioether (sulfide) groups is 1. The maximum absolute atomic E-state index is 8.79. The van der Waals surface area contributed by atoms with Gasteiger partial charge in [-0.15, -0.1) is 0 Å². The summed E-state index contributed by atoms with van der Waals surface area (Å²) in [6.45, 7) is 1.94. The Bertz CT molecular complexity index is 389. The Morgan fingerprint density at radius 3 is 2.93 bits per heavy atom. The van der Waals surface area contributed by atoms with Gasteiger partial charge in [0.15, 0.2) is 0 Å². The molecule has 0 saturated heterocycles. The molecule has 70 valence electrons. The maximum Gasteiger partial charge on any atom is 0.115 e. The van der Waals surface area contributed by atoms with Crippen LogP contribution in [0.15, 0.2) is 23.4 Å². The van der Waals surface area contributed by atoms with E-state index in [2.05, 4.69) is 17.1 Å². The predicted octanol–water partition coefficient (Wildman–Crippen LogP) is 2.35. The van der Waals surface area contributed by atoms with Crippen LogP contribution in [-0.4, -0.2) is 10.2 Å². The Labute approximate surface area is 87.4 Å². The zero-order valence-corrected chi connectivity index (χ0v) is 8.58. The van der Waals surface area contributed by atoms with E-state index in [9.17, 15) is 0 Å². The third kappa shape index (κ3) is 2.48. The lowest BCUT2D eigenvalue weighted by molar-refractivity contribution is 0.975. The van der Waals surface area contributed by atoms with Crippen LogP contribution in [0.4, 0.5) is 0 Å². The highest BCUT2D eigenvalue weighted by molar-refractivity contribution is 8.00. The summed E-state index contributed by atoms with van der Waals surface area (Å²) in [5.74, 6) is 0. The Morgan fingerprint density at radius 1 is 1.57 bits per heavy atom. The molecule has 0 fully saturated rings. The molecule has 1 rings (SSSR count). The van der Waals surface area contributed by atoms with Crippen LogP contribution in [0.3, 0.4) is 0 Å². The van der Waals surface area contributed by atoms with Crippen LogP contribution in [0, 0.1) is 22.7 Å². The highest BCUT2D eigenvalue weighted by Crippen LogP contribution is 2.25. The molecule has 0 N–H and O–H groups in total. The first-order chi connectivity index (χ1) is 6.81. The zero-order chi connectivity index (χ0) is 10.4. The summed E-state index contributed by atoms with van der Waals surface area (Å²) in [7, 11) is 0. The molecule has 3 nitrogen and oxygen atoms in total. The van der Waals surface area contributed by atoms with E-state index >= 15 is 0 Å². The number of pyridine rings is 1. The molecule has 0 aromatic carbocycles. The second-order valence-corrected chi connectivity index (χ2v) is 3.80. The van der Waals surface area contributed by atoms with Crippen LogP contribution in [0.5, 0.6) is 0 Å². The van der Waals surface area contributed by atoms with Gasteiger partial charge >= 0.3 is 0 Å². The number of aromatic nitrogens is 1. The molecule has 0 spiro atoms. The molecule has 0 aliphatic carbocycles. The Morgan fingerprint density at radius 2 is 2.36 bits per heavy atom. The monoisotopic (exact) mass is 203 g/mol. The molecular weight excluding hydrogens is 194 g/mol. The van der Waals surface area contributed by atoms with Crippen molar-refractivity contribution in [2.75, 3.05) is 0 Å². The minimum absolute atomic E-state index is 0.128. The van der Waals surface area contributed by atoms with Gasteiger partial charge in [0, 0.05) is 6.20 Å². The lowest BCUT2D eigenvalue weighted by atomic mass is 10.3. The van der Waals surface area contributed by atoms with Gasteiger partial charge in [0.2, 0.25) is 0 Å². The van der Waals surface area contributed by atoms with Crippen molar-refractivity contribution in [3.8, 4) is 12.1 Å². The first-order valence-electron chi connectivity index (χ1n) is 4.23. The lowest BCUT2D eigenvalue weighted by Crippen LogP contribution is -1.97. The summed E-state index contributed by atoms with van der Waals surface area (Å²) in [6.07, 6.45) is 2.38. The van der Waals surface area contributed by atoms with E-state index in [1.54, 1.807) is 18.3 Å². The second-order valence-electron chi connectivity index (χ2n) is 2.61. The van der Waals surface area contributed by atoms with Crippen LogP contribution in [0.25, 0.3) is 0 Å². The minimum Gasteiger partial charge on any atom is -0.249 e. The minimum atomic E-state index is -0.128. The first-order valence-corrected chi connectivity index (χ1v) is 5.11. The topological polar surface area (TPSA) is 60.5 Å².